The Morgan fingerprint density at radius 1 is 1.05 bits per heavy atom. The van der Waals surface area contributed by atoms with Crippen molar-refractivity contribution < 1.29 is 40.4 Å². The van der Waals surface area contributed by atoms with Crippen molar-refractivity contribution in [1.29, 1.82) is 0 Å². The lowest BCUT2D eigenvalue weighted by Crippen LogP contribution is -2.25. The van der Waals surface area contributed by atoms with E-state index in [1.165, 1.54) is 30.3 Å². The zero-order valence-electron chi connectivity index (χ0n) is 19.5. The average Bonchev–Trinajstić information content (AvgIpc) is 3.34. The van der Waals surface area contributed by atoms with Crippen LogP contribution in [-0.4, -0.2) is 25.5 Å². The molecule has 0 aliphatic rings. The summed E-state index contributed by atoms with van der Waals surface area (Å²) in [5.74, 6) is -1.00. The summed E-state index contributed by atoms with van der Waals surface area (Å²) in [6.45, 7) is 0. The van der Waals surface area contributed by atoms with Crippen LogP contribution in [0.3, 0.4) is 0 Å². The number of carbonyl (C=O) groups is 1. The quantitative estimate of drug-likeness (QED) is 0.160. The van der Waals surface area contributed by atoms with Crippen molar-refractivity contribution in [3.8, 4) is 5.75 Å². The second-order valence-corrected chi connectivity index (χ2v) is 14.5. The van der Waals surface area contributed by atoms with Gasteiger partial charge in [0, 0.05) is 20.6 Å². The molecule has 0 saturated carbocycles. The third-order valence-corrected chi connectivity index (χ3v) is 10.9. The van der Waals surface area contributed by atoms with E-state index in [1.807, 2.05) is 4.72 Å². The Kier molecular flexibility index (Phi) is 8.94. The van der Waals surface area contributed by atoms with Crippen LogP contribution in [0.4, 0.5) is 18.9 Å². The summed E-state index contributed by atoms with van der Waals surface area (Å²) in [6, 6.07) is 11.8. The van der Waals surface area contributed by atoms with E-state index >= 15 is 0 Å². The lowest BCUT2D eigenvalue weighted by Gasteiger charge is -2.15. The molecule has 212 valence electrons. The van der Waals surface area contributed by atoms with Gasteiger partial charge in [0.15, 0.2) is 0 Å². The number of benzene rings is 3. The second kappa shape index (κ2) is 11.6. The van der Waals surface area contributed by atoms with Gasteiger partial charge < -0.3 is 14.7 Å². The number of hydrogen-bond donors (Lipinski definition) is 3. The molecule has 1 heterocycles. The monoisotopic (exact) mass is 716 g/mol. The van der Waals surface area contributed by atoms with Crippen molar-refractivity contribution in [1.82, 2.24) is 4.72 Å². The Labute approximate surface area is 247 Å². The smallest absolute Gasteiger partial charge is 0.416 e. The molecular formula is C23H15BrCl2F3N2O6PS2. The number of nitrogens with one attached hydrogen (secondary N) is 2. The Morgan fingerprint density at radius 3 is 2.33 bits per heavy atom. The molecule has 3 aromatic carbocycles. The fraction of sp³-hybridized carbons (Fsp3) is 0.0870. The molecule has 17 heteroatoms. The lowest BCUT2D eigenvalue weighted by molar-refractivity contribution is -0.137. The Bertz CT molecular complexity index is 1730. The minimum atomic E-state index is -4.63. The van der Waals surface area contributed by atoms with Gasteiger partial charge in [-0.25, -0.2) is 13.0 Å². The molecule has 0 spiro atoms. The highest BCUT2D eigenvalue weighted by atomic mass is 79.9. The molecule has 1 aromatic heterocycles. The largest absolute Gasteiger partial charge is 0.424 e. The van der Waals surface area contributed by atoms with Crippen LogP contribution in [0, 0.1) is 0 Å². The van der Waals surface area contributed by atoms with Crippen molar-refractivity contribution in [3.63, 3.8) is 0 Å². The lowest BCUT2D eigenvalue weighted by atomic mass is 10.1. The fourth-order valence-corrected chi connectivity index (χ4v) is 8.20. The molecule has 0 saturated heterocycles. The number of rotatable bonds is 8. The first-order valence-electron chi connectivity index (χ1n) is 10.7. The average molecular weight is 718 g/mol. The molecule has 1 atom stereocenters. The molecule has 0 bridgehead atoms. The molecule has 1 amide bonds. The van der Waals surface area contributed by atoms with Gasteiger partial charge in [-0.1, -0.05) is 23.2 Å². The molecule has 0 radical (unpaired) electrons. The topological polar surface area (TPSA) is 122 Å². The number of thiophene rings is 1. The molecule has 0 aliphatic carbocycles. The predicted octanol–water partition coefficient (Wildman–Crippen LogP) is 7.74. The number of hydrogen-bond acceptors (Lipinski definition) is 6. The highest BCUT2D eigenvalue weighted by Gasteiger charge is 2.30. The molecule has 4 aromatic rings. The summed E-state index contributed by atoms with van der Waals surface area (Å²) in [6.07, 6.45) is -5.54. The zero-order valence-corrected chi connectivity index (χ0v) is 25.1. The van der Waals surface area contributed by atoms with E-state index in [2.05, 4.69) is 21.2 Å². The maximum Gasteiger partial charge on any atom is 0.416 e. The van der Waals surface area contributed by atoms with Crippen LogP contribution in [-0.2, 0) is 20.8 Å². The summed E-state index contributed by atoms with van der Waals surface area (Å²) in [5, 5.41) is 3.39. The van der Waals surface area contributed by atoms with Gasteiger partial charge in [0.25, 0.3) is 15.9 Å². The van der Waals surface area contributed by atoms with Crippen LogP contribution >= 0.6 is 58.1 Å². The van der Waals surface area contributed by atoms with Crippen molar-refractivity contribution in [2.75, 3.05) is 11.6 Å². The molecule has 4 rings (SSSR count). The van der Waals surface area contributed by atoms with Crippen molar-refractivity contribution in [2.24, 2.45) is 0 Å². The summed E-state index contributed by atoms with van der Waals surface area (Å²) >= 11 is 16.2. The maximum absolute atomic E-state index is 12.8. The first-order valence-corrected chi connectivity index (χ1v) is 16.3. The van der Waals surface area contributed by atoms with Gasteiger partial charge in [-0.3, -0.25) is 4.79 Å². The molecule has 1 unspecified atom stereocenters. The summed E-state index contributed by atoms with van der Waals surface area (Å²) in [4.78, 5) is 23.0. The normalized spacial score (nSPS) is 13.7. The number of sulfonamides is 1. The second-order valence-electron chi connectivity index (χ2n) is 8.04. The molecule has 0 aliphatic heterocycles. The van der Waals surface area contributed by atoms with Crippen LogP contribution in [0.1, 0.15) is 15.9 Å². The summed E-state index contributed by atoms with van der Waals surface area (Å²) in [5.41, 5.74) is -0.893. The Balaban J connectivity index is 1.46. The SMILES string of the molecule is O=C(Nc1ccc(C(F)(F)F)cc1)c1cc(OP(=O)(O)CNS(=O)(=O)c2cc3c(Cl)ccc(Cl)c3s2)ccc1Br. The highest BCUT2D eigenvalue weighted by molar-refractivity contribution is 9.10. The van der Waals surface area contributed by atoms with E-state index in [9.17, 15) is 35.8 Å². The molecule has 8 nitrogen and oxygen atoms in total. The van der Waals surface area contributed by atoms with E-state index in [0.29, 0.717) is 10.1 Å². The van der Waals surface area contributed by atoms with Crippen molar-refractivity contribution >= 4 is 89.8 Å². The number of anilines is 1. The van der Waals surface area contributed by atoms with Crippen LogP contribution in [0.25, 0.3) is 10.1 Å². The van der Waals surface area contributed by atoms with Crippen molar-refractivity contribution in [2.45, 2.75) is 10.4 Å². The van der Waals surface area contributed by atoms with E-state index in [4.69, 9.17) is 27.7 Å². The molecule has 0 fully saturated rings. The van der Waals surface area contributed by atoms with Crippen LogP contribution < -0.4 is 14.6 Å². The van der Waals surface area contributed by atoms with Gasteiger partial charge in [-0.15, -0.1) is 11.3 Å². The summed E-state index contributed by atoms with van der Waals surface area (Å²) in [7, 11) is -8.89. The highest BCUT2D eigenvalue weighted by Crippen LogP contribution is 2.43. The van der Waals surface area contributed by atoms with Gasteiger partial charge in [0.05, 0.1) is 20.8 Å². The van der Waals surface area contributed by atoms with E-state index in [0.717, 1.165) is 41.7 Å². The molecule has 40 heavy (non-hydrogen) atoms. The van der Waals surface area contributed by atoms with Crippen molar-refractivity contribution in [3.05, 3.63) is 86.3 Å². The van der Waals surface area contributed by atoms with Gasteiger partial charge in [-0.05, 0) is 76.6 Å². The van der Waals surface area contributed by atoms with E-state index in [1.54, 1.807) is 0 Å². The number of fused-ring (bicyclic) bond motifs is 1. The minimum Gasteiger partial charge on any atom is -0.424 e. The number of alkyl halides is 3. The zero-order chi connectivity index (χ0) is 29.5. The van der Waals surface area contributed by atoms with Gasteiger partial charge in [0.1, 0.15) is 16.2 Å². The minimum absolute atomic E-state index is 0.0715. The van der Waals surface area contributed by atoms with Crippen LogP contribution in [0.5, 0.6) is 5.75 Å². The number of carbonyl (C=O) groups excluding carboxylic acids is 1. The number of halogens is 6. The van der Waals surface area contributed by atoms with Gasteiger partial charge in [-0.2, -0.15) is 17.9 Å². The van der Waals surface area contributed by atoms with Gasteiger partial charge in [0.2, 0.25) is 0 Å². The Hall–Kier alpha value is -2.16. The number of amides is 1. The van der Waals surface area contributed by atoms with Crippen LogP contribution in [0.2, 0.25) is 10.0 Å². The third-order valence-electron chi connectivity index (χ3n) is 5.18. The first-order chi connectivity index (χ1) is 18.6. The maximum atomic E-state index is 12.8. The molecular weight excluding hydrogens is 703 g/mol. The fourth-order valence-electron chi connectivity index (χ4n) is 3.28. The first kappa shape index (κ1) is 30.8. The van der Waals surface area contributed by atoms with E-state index < -0.39 is 41.6 Å². The van der Waals surface area contributed by atoms with Gasteiger partial charge >= 0.3 is 13.8 Å². The van der Waals surface area contributed by atoms with Crippen LogP contribution in [0.15, 0.2) is 69.3 Å². The Morgan fingerprint density at radius 2 is 1.70 bits per heavy atom. The third kappa shape index (κ3) is 7.18. The summed E-state index contributed by atoms with van der Waals surface area (Å²) < 4.78 is 84.1. The van der Waals surface area contributed by atoms with E-state index in [-0.39, 0.29) is 35.7 Å². The standard InChI is InChI=1S/C23H15BrCl2F3N2O6PS2/c24-17-6-5-14(9-15(17)22(32)31-13-3-1-12(2-4-13)23(27,28)29)37-38(33,34)11-30-40(35,36)20-10-16-18(25)7-8-19(26)21(16)39-20/h1-10,30H,11H2,(H,31,32)(H,33,34). The predicted molar refractivity (Wildman–Crippen MR) is 151 cm³/mol. The molecule has 3 N–H and O–H groups in total.